The van der Waals surface area contributed by atoms with Crippen LogP contribution in [0.5, 0.6) is 0 Å². The third kappa shape index (κ3) is 25.1. The Kier molecular flexibility index (Phi) is 30.0. The molecule has 3 spiro atoms. The lowest BCUT2D eigenvalue weighted by Crippen LogP contribution is -2.60. The van der Waals surface area contributed by atoms with Gasteiger partial charge in [-0.25, -0.2) is 17.3 Å². The van der Waals surface area contributed by atoms with Gasteiger partial charge in [0.25, 0.3) is 0 Å². The largest absolute Gasteiger partial charge is 0.465 e. The fourth-order valence-electron chi connectivity index (χ4n) is 14.1. The van der Waals surface area contributed by atoms with Crippen molar-refractivity contribution in [3.8, 4) is 0 Å². The Bertz CT molecular complexity index is 3180. The summed E-state index contributed by atoms with van der Waals surface area (Å²) in [7, 11) is -15.9. The molecule has 0 radical (unpaired) electrons. The normalized spacial score (nSPS) is 33.6. The number of aliphatic hydroxyl groups excluding tert-OH is 6. The van der Waals surface area contributed by atoms with Crippen LogP contribution in [0.1, 0.15) is 170 Å². The number of hydrogen-bond acceptors (Lipinski definition) is 27. The lowest BCUT2D eigenvalue weighted by molar-refractivity contribution is -0.321. The highest BCUT2D eigenvalue weighted by molar-refractivity contribution is 7.81. The molecule has 7 aliphatic heterocycles. The van der Waals surface area contributed by atoms with Gasteiger partial charge in [-0.2, -0.15) is 25.3 Å². The summed E-state index contributed by atoms with van der Waals surface area (Å²) in [5.41, 5.74) is -0.0379. The minimum Gasteiger partial charge on any atom is -0.465 e. The highest BCUT2D eigenvalue weighted by Crippen LogP contribution is 2.48. The van der Waals surface area contributed by atoms with Crippen LogP contribution in [-0.2, 0) is 96.0 Å². The molecule has 0 bridgehead atoms. The lowest BCUT2D eigenvalue weighted by Gasteiger charge is -2.50. The van der Waals surface area contributed by atoms with Crippen LogP contribution in [0.3, 0.4) is 0 Å². The first kappa shape index (κ1) is 82.7. The summed E-state index contributed by atoms with van der Waals surface area (Å²) >= 11 is 0. The number of aliphatic hydroxyl groups is 7. The van der Waals surface area contributed by atoms with Crippen LogP contribution >= 0.6 is 0 Å². The molecule has 7 aliphatic rings. The third-order valence-corrected chi connectivity index (χ3v) is 20.7. The van der Waals surface area contributed by atoms with Crippen LogP contribution in [0.4, 0.5) is 0 Å². The van der Waals surface area contributed by atoms with Crippen molar-refractivity contribution in [2.24, 2.45) is 17.8 Å². The van der Waals surface area contributed by atoms with Gasteiger partial charge >= 0.3 is 43.1 Å². The van der Waals surface area contributed by atoms with Crippen LogP contribution in [0.15, 0.2) is 71.9 Å². The average Bonchev–Trinajstić information content (AvgIpc) is 1.68. The Morgan fingerprint density at radius 1 is 0.808 bits per heavy atom. The van der Waals surface area contributed by atoms with E-state index >= 15 is 0 Å². The van der Waals surface area contributed by atoms with Gasteiger partial charge in [-0.15, -0.1) is 0 Å². The van der Waals surface area contributed by atoms with Crippen molar-refractivity contribution >= 4 is 43.1 Å². The van der Waals surface area contributed by atoms with Gasteiger partial charge in [0.1, 0.15) is 43.2 Å². The smallest absolute Gasteiger partial charge is 0.397 e. The predicted molar refractivity (Wildman–Crippen MR) is 350 cm³/mol. The van der Waals surface area contributed by atoms with E-state index in [0.29, 0.717) is 75.0 Å². The van der Waals surface area contributed by atoms with Crippen LogP contribution in [0, 0.1) is 17.8 Å². The van der Waals surface area contributed by atoms with Gasteiger partial charge in [0, 0.05) is 50.9 Å². The number of ether oxygens (including phenoxy) is 9. The predicted octanol–water partition coefficient (Wildman–Crippen LogP) is 4.89. The van der Waals surface area contributed by atoms with E-state index in [0.717, 1.165) is 37.7 Å². The minimum absolute atomic E-state index is 0.00671. The summed E-state index contributed by atoms with van der Waals surface area (Å²) in [6.45, 7) is 14.6. The van der Waals surface area contributed by atoms with E-state index in [1.807, 2.05) is 26.0 Å². The Hall–Kier alpha value is -3.57. The van der Waals surface area contributed by atoms with Crippen molar-refractivity contribution in [2.75, 3.05) is 26.4 Å². The summed E-state index contributed by atoms with van der Waals surface area (Å²) in [5.74, 6) is -4.37. The summed E-state index contributed by atoms with van der Waals surface area (Å²) < 4.78 is 164. The Morgan fingerprint density at radius 2 is 1.53 bits per heavy atom. The van der Waals surface area contributed by atoms with E-state index in [4.69, 9.17) is 51.7 Å². The second-order valence-electron chi connectivity index (χ2n) is 28.0. The zero-order chi connectivity index (χ0) is 72.9. The molecule has 0 aromatic heterocycles. The van der Waals surface area contributed by atoms with Crippen molar-refractivity contribution in [1.82, 2.24) is 0 Å². The lowest BCUT2D eigenvalue weighted by atomic mass is 9.79. The summed E-state index contributed by atoms with van der Waals surface area (Å²) in [4.78, 5) is 25.7. The molecular weight excluding hydrogens is 1370 g/mol. The molecule has 33 heteroatoms. The van der Waals surface area contributed by atoms with E-state index in [9.17, 15) is 75.1 Å². The fraction of sp³-hybridized carbons (Fsp3) is 0.788. The molecule has 0 aromatic rings. The second kappa shape index (κ2) is 35.9. The molecule has 5 unspecified atom stereocenters. The molecule has 0 saturated carbocycles. The van der Waals surface area contributed by atoms with Gasteiger partial charge in [-0.3, -0.25) is 18.5 Å². The molecular formula is C66H104O30S3. The van der Waals surface area contributed by atoms with Crippen molar-refractivity contribution in [1.29, 1.82) is 0 Å². The maximum Gasteiger partial charge on any atom is 0.397 e. The standard InChI is InChI=1S/C66H104O30S3/c1-40(16-10-9-14-30-85-56(72)18-12-8-11-17-46(67)34-49(95-98(79,80)81)35-51(69)60(96-99(82,83)84)52(70)39-88-97(76,77)78)38-86-62(74)63(7,75)37-48-21-22-55(71)66(91-48)36-41(2)32-54(92-66)42(3)19-20-47-24-28-65(90-47)29-25-53-61(94-65)57(73)45(6)59(89-53)50(68)33-44(5)58-43(4)23-27-64(93-58)26-13-15-31-87-64/h8-10,12,16,19-20,36,42-44,46-55,57-61,67-71,73,75H,6,11,13-15,17-18,21-35,37-39H2,1-5,7H3,(H,76,77,78)(H,79,80,81)(H,82,83,84)/b10-9+,12-8-,20-19+,40-16+/t42-,43-,44+,46?,47+,48+,49?,50+,51?,52?,53-,54+,55-,57-,58+,59+,60?,61-,63-,64+,65-,66-/m1/s1. The highest BCUT2D eigenvalue weighted by atomic mass is 32.3. The summed E-state index contributed by atoms with van der Waals surface area (Å²) in [6, 6.07) is 0. The molecule has 7 heterocycles. The van der Waals surface area contributed by atoms with Gasteiger partial charge in [0.2, 0.25) is 5.79 Å². The van der Waals surface area contributed by atoms with Gasteiger partial charge < -0.3 is 78.4 Å². The van der Waals surface area contributed by atoms with Gasteiger partial charge in [0.05, 0.1) is 81.2 Å². The van der Waals surface area contributed by atoms with E-state index < -0.39 is 165 Å². The number of hydrogen-bond donors (Lipinski definition) is 10. The van der Waals surface area contributed by atoms with Gasteiger partial charge in [-0.1, -0.05) is 75.5 Å². The molecule has 10 N–H and O–H groups in total. The molecule has 30 nitrogen and oxygen atoms in total. The maximum absolute atomic E-state index is 13.3. The number of fused-ring (bicyclic) bond motifs is 1. The quantitative estimate of drug-likeness (QED) is 0.0135. The van der Waals surface area contributed by atoms with Crippen LogP contribution in [0.25, 0.3) is 0 Å². The SMILES string of the molecule is C=C1[C@@H](O)[C@@H]2O[C@]3(CC[C@H](/C=C/[C@@H](C)[C@@H]4CC(C)=C[C@@]5(O[C@H](C[C@@](C)(O)C(=O)OC/C(C)=C/C=C/CCOC(=O)C/C=C\CCC(O)CC(CC(O)C(OS(=O)(=O)O)C(O)COS(=O)(=O)O)OS(=O)(=O)O)CC[C@H]5O)O4)O3)CC[C@H]2O[C@@H]1[C@@H](O)C[C@H](C)[C@H]1O[C@@]2(CCCCO2)CC[C@H]1C. The Morgan fingerprint density at radius 3 is 2.22 bits per heavy atom. The summed E-state index contributed by atoms with van der Waals surface area (Å²) in [5, 5.41) is 77.5. The first-order chi connectivity index (χ1) is 46.3. The molecule has 99 heavy (non-hydrogen) atoms. The molecule has 566 valence electrons. The molecule has 0 amide bonds. The number of rotatable bonds is 34. The number of carbonyl (C=O) groups excluding carboxylic acids is 2. The Balaban J connectivity index is 0.788. The monoisotopic (exact) mass is 1470 g/mol. The number of allylic oxidation sites excluding steroid dienone is 3. The van der Waals surface area contributed by atoms with Crippen LogP contribution in [0.2, 0.25) is 0 Å². The number of carbonyl (C=O) groups is 2. The van der Waals surface area contributed by atoms with Crippen molar-refractivity contribution in [2.45, 2.75) is 284 Å². The zero-order valence-electron chi connectivity index (χ0n) is 57.1. The van der Waals surface area contributed by atoms with E-state index in [2.05, 4.69) is 33.0 Å². The van der Waals surface area contributed by atoms with Crippen molar-refractivity contribution in [3.63, 3.8) is 0 Å². The van der Waals surface area contributed by atoms with Crippen LogP contribution in [-0.4, -0.2) is 228 Å². The van der Waals surface area contributed by atoms with E-state index in [1.54, 1.807) is 31.2 Å². The highest BCUT2D eigenvalue weighted by Gasteiger charge is 2.55. The number of esters is 2. The Labute approximate surface area is 580 Å². The van der Waals surface area contributed by atoms with Crippen molar-refractivity contribution in [3.05, 3.63) is 71.9 Å². The van der Waals surface area contributed by atoms with E-state index in [1.165, 1.54) is 19.1 Å². The zero-order valence-corrected chi connectivity index (χ0v) is 59.5. The second-order valence-corrected chi connectivity index (χ2v) is 31.1. The van der Waals surface area contributed by atoms with Gasteiger partial charge in [0.15, 0.2) is 17.2 Å². The molecule has 6 saturated heterocycles. The molecule has 0 aliphatic carbocycles. The first-order valence-corrected chi connectivity index (χ1v) is 38.1. The molecule has 0 aromatic carbocycles. The fourth-order valence-corrected chi connectivity index (χ4v) is 15.4. The first-order valence-electron chi connectivity index (χ1n) is 34.0. The van der Waals surface area contributed by atoms with Crippen molar-refractivity contribution < 1.29 is 139 Å². The molecule has 6 fully saturated rings. The third-order valence-electron chi connectivity index (χ3n) is 19.3. The average molecular weight is 1470 g/mol. The molecule has 22 atom stereocenters. The topological polar surface area (TPSA) is 450 Å². The van der Waals surface area contributed by atoms with Gasteiger partial charge in [-0.05, 0) is 127 Å². The van der Waals surface area contributed by atoms with E-state index in [-0.39, 0.29) is 69.4 Å². The molecule has 7 rings (SSSR count). The maximum atomic E-state index is 13.3. The minimum atomic E-state index is -5.46. The van der Waals surface area contributed by atoms with Crippen LogP contribution < -0.4 is 0 Å². The summed E-state index contributed by atoms with van der Waals surface area (Å²) in [6.07, 6.45) is 4.04.